The second-order valence-corrected chi connectivity index (χ2v) is 4.18. The number of aliphatic hydroxyl groups excluding tert-OH is 1. The van der Waals surface area contributed by atoms with Gasteiger partial charge in [0.05, 0.1) is 12.7 Å². The molecule has 3 N–H and O–H groups in total. The molecule has 1 atom stereocenters. The highest BCUT2D eigenvalue weighted by Gasteiger charge is 2.16. The molecule has 0 saturated heterocycles. The van der Waals surface area contributed by atoms with Crippen molar-refractivity contribution in [3.8, 4) is 17.6 Å². The van der Waals surface area contributed by atoms with E-state index in [0.29, 0.717) is 16.9 Å². The molecule has 1 aromatic carbocycles. The van der Waals surface area contributed by atoms with Crippen LogP contribution in [-0.2, 0) is 4.79 Å². The van der Waals surface area contributed by atoms with Crippen LogP contribution < -0.4 is 15.4 Å². The van der Waals surface area contributed by atoms with Gasteiger partial charge in [0.15, 0.2) is 0 Å². The second-order valence-electron chi connectivity index (χ2n) is 4.18. The van der Waals surface area contributed by atoms with Crippen LogP contribution in [0.3, 0.4) is 0 Å². The Morgan fingerprint density at radius 1 is 1.43 bits per heavy atom. The number of hydrogen-bond acceptors (Lipinski definition) is 4. The van der Waals surface area contributed by atoms with E-state index >= 15 is 0 Å². The average molecular weight is 290 g/mol. The molecule has 2 amide bonds. The van der Waals surface area contributed by atoms with Crippen LogP contribution in [0, 0.1) is 11.8 Å². The number of ether oxygens (including phenoxy) is 1. The zero-order valence-electron chi connectivity index (χ0n) is 12.2. The number of likely N-dealkylation sites (N-methyl/N-ethyl adjacent to an activating group) is 1. The first-order chi connectivity index (χ1) is 10.0. The fourth-order valence-electron chi connectivity index (χ4n) is 1.64. The standard InChI is InChI=1S/C15H18N2O4/c1-10(14(19)16-2)17-15(20)12-6-7-13(21-3)11(9-12)5-4-8-18/h6-7,9-10,18H,8H2,1-3H3,(H,16,19)(H,17,20). The number of carbonyl (C=O) groups excluding carboxylic acids is 2. The van der Waals surface area contributed by atoms with Crippen LogP contribution in [0.25, 0.3) is 0 Å². The van der Waals surface area contributed by atoms with Crippen molar-refractivity contribution >= 4 is 11.8 Å². The largest absolute Gasteiger partial charge is 0.495 e. The molecule has 1 unspecified atom stereocenters. The molecular weight excluding hydrogens is 272 g/mol. The number of hydrogen-bond donors (Lipinski definition) is 3. The van der Waals surface area contributed by atoms with Gasteiger partial charge in [-0.2, -0.15) is 0 Å². The maximum Gasteiger partial charge on any atom is 0.251 e. The van der Waals surface area contributed by atoms with E-state index in [1.807, 2.05) is 0 Å². The highest BCUT2D eigenvalue weighted by Crippen LogP contribution is 2.18. The van der Waals surface area contributed by atoms with E-state index < -0.39 is 6.04 Å². The van der Waals surface area contributed by atoms with Gasteiger partial charge in [-0.1, -0.05) is 11.8 Å². The third-order valence-corrected chi connectivity index (χ3v) is 2.75. The van der Waals surface area contributed by atoms with Crippen LogP contribution in [0.1, 0.15) is 22.8 Å². The zero-order chi connectivity index (χ0) is 15.8. The first kappa shape index (κ1) is 16.5. The number of rotatable bonds is 4. The summed E-state index contributed by atoms with van der Waals surface area (Å²) in [5.41, 5.74) is 0.848. The molecule has 6 nitrogen and oxygen atoms in total. The predicted octanol–water partition coefficient (Wildman–Crippen LogP) is -0.0967. The Balaban J connectivity index is 2.98. The lowest BCUT2D eigenvalue weighted by atomic mass is 10.1. The Hall–Kier alpha value is -2.52. The van der Waals surface area contributed by atoms with E-state index in [4.69, 9.17) is 9.84 Å². The minimum absolute atomic E-state index is 0.280. The summed E-state index contributed by atoms with van der Waals surface area (Å²) in [4.78, 5) is 23.5. The van der Waals surface area contributed by atoms with Gasteiger partial charge in [-0.15, -0.1) is 0 Å². The molecule has 0 aliphatic rings. The lowest BCUT2D eigenvalue weighted by Gasteiger charge is -2.13. The lowest BCUT2D eigenvalue weighted by Crippen LogP contribution is -2.43. The summed E-state index contributed by atoms with van der Waals surface area (Å²) in [5.74, 6) is 5.05. The summed E-state index contributed by atoms with van der Waals surface area (Å²) in [6, 6.07) is 4.10. The first-order valence-corrected chi connectivity index (χ1v) is 6.33. The lowest BCUT2D eigenvalue weighted by molar-refractivity contribution is -0.122. The van der Waals surface area contributed by atoms with Crippen LogP contribution in [0.15, 0.2) is 18.2 Å². The molecule has 0 aliphatic carbocycles. The van der Waals surface area contributed by atoms with Gasteiger partial charge in [0.1, 0.15) is 18.4 Å². The number of amides is 2. The first-order valence-electron chi connectivity index (χ1n) is 6.33. The van der Waals surface area contributed by atoms with E-state index in [-0.39, 0.29) is 18.4 Å². The summed E-state index contributed by atoms with van der Waals surface area (Å²) in [7, 11) is 2.99. The van der Waals surface area contributed by atoms with Crippen molar-refractivity contribution in [2.75, 3.05) is 20.8 Å². The number of methoxy groups -OCH3 is 1. The molecule has 112 valence electrons. The molecule has 1 aromatic rings. The topological polar surface area (TPSA) is 87.7 Å². The fourth-order valence-corrected chi connectivity index (χ4v) is 1.64. The third-order valence-electron chi connectivity index (χ3n) is 2.75. The third kappa shape index (κ3) is 4.51. The molecule has 21 heavy (non-hydrogen) atoms. The smallest absolute Gasteiger partial charge is 0.251 e. The van der Waals surface area contributed by atoms with Crippen LogP contribution in [0.2, 0.25) is 0 Å². The van der Waals surface area contributed by atoms with Gasteiger partial charge >= 0.3 is 0 Å². The van der Waals surface area contributed by atoms with E-state index in [0.717, 1.165) is 0 Å². The SMILES string of the molecule is CNC(=O)C(C)NC(=O)c1ccc(OC)c(C#CCO)c1. The minimum Gasteiger partial charge on any atom is -0.495 e. The summed E-state index contributed by atoms with van der Waals surface area (Å²) < 4.78 is 5.13. The van der Waals surface area contributed by atoms with E-state index in [1.54, 1.807) is 25.1 Å². The van der Waals surface area contributed by atoms with Gasteiger partial charge in [0.25, 0.3) is 5.91 Å². The summed E-state index contributed by atoms with van der Waals surface area (Å²) in [6.45, 7) is 1.31. The molecule has 1 rings (SSSR count). The summed E-state index contributed by atoms with van der Waals surface area (Å²) in [5, 5.41) is 13.8. The highest BCUT2D eigenvalue weighted by atomic mass is 16.5. The fraction of sp³-hybridized carbons (Fsp3) is 0.333. The Morgan fingerprint density at radius 3 is 2.71 bits per heavy atom. The van der Waals surface area contributed by atoms with Crippen molar-refractivity contribution in [1.82, 2.24) is 10.6 Å². The maximum atomic E-state index is 12.1. The second kappa shape index (κ2) is 7.92. The number of carbonyl (C=O) groups is 2. The zero-order valence-corrected chi connectivity index (χ0v) is 12.2. The van der Waals surface area contributed by atoms with Crippen LogP contribution in [-0.4, -0.2) is 43.7 Å². The minimum atomic E-state index is -0.642. The molecule has 0 aliphatic heterocycles. The normalized spacial score (nSPS) is 10.9. The van der Waals surface area contributed by atoms with Gasteiger partial charge in [0, 0.05) is 12.6 Å². The van der Waals surface area contributed by atoms with E-state index in [2.05, 4.69) is 22.5 Å². The molecule has 0 aromatic heterocycles. The predicted molar refractivity (Wildman–Crippen MR) is 78.0 cm³/mol. The molecule has 6 heteroatoms. The van der Waals surface area contributed by atoms with Gasteiger partial charge in [-0.05, 0) is 25.1 Å². The van der Waals surface area contributed by atoms with E-state index in [1.165, 1.54) is 14.2 Å². The van der Waals surface area contributed by atoms with Gasteiger partial charge in [-0.25, -0.2) is 0 Å². The highest BCUT2D eigenvalue weighted by molar-refractivity contribution is 5.97. The molecular formula is C15H18N2O4. The summed E-state index contributed by atoms with van der Waals surface area (Å²) in [6.07, 6.45) is 0. The Bertz CT molecular complexity index is 587. The van der Waals surface area contributed by atoms with Gasteiger partial charge in [-0.3, -0.25) is 9.59 Å². The molecule has 0 radical (unpaired) electrons. The van der Waals surface area contributed by atoms with Crippen molar-refractivity contribution in [3.05, 3.63) is 29.3 Å². The number of aliphatic hydroxyl groups is 1. The van der Waals surface area contributed by atoms with Crippen molar-refractivity contribution < 1.29 is 19.4 Å². The quantitative estimate of drug-likeness (QED) is 0.676. The van der Waals surface area contributed by atoms with E-state index in [9.17, 15) is 9.59 Å². The van der Waals surface area contributed by atoms with Crippen LogP contribution >= 0.6 is 0 Å². The van der Waals surface area contributed by atoms with Gasteiger partial charge in [0.2, 0.25) is 5.91 Å². The van der Waals surface area contributed by atoms with Crippen LogP contribution in [0.4, 0.5) is 0 Å². The van der Waals surface area contributed by atoms with Crippen molar-refractivity contribution in [3.63, 3.8) is 0 Å². The maximum absolute atomic E-state index is 12.1. The molecule has 0 bridgehead atoms. The van der Waals surface area contributed by atoms with Gasteiger partial charge < -0.3 is 20.5 Å². The van der Waals surface area contributed by atoms with Crippen LogP contribution in [0.5, 0.6) is 5.75 Å². The Kier molecular flexibility index (Phi) is 6.24. The Labute approximate surface area is 123 Å². The van der Waals surface area contributed by atoms with Crippen molar-refractivity contribution in [2.45, 2.75) is 13.0 Å². The van der Waals surface area contributed by atoms with Crippen molar-refractivity contribution in [2.24, 2.45) is 0 Å². The molecule has 0 spiro atoms. The van der Waals surface area contributed by atoms with Crippen molar-refractivity contribution in [1.29, 1.82) is 0 Å². The number of nitrogens with one attached hydrogen (secondary N) is 2. The average Bonchev–Trinajstić information content (AvgIpc) is 2.51. The monoisotopic (exact) mass is 290 g/mol. The molecule has 0 saturated carbocycles. The Morgan fingerprint density at radius 2 is 2.14 bits per heavy atom. The summed E-state index contributed by atoms with van der Waals surface area (Å²) >= 11 is 0. The molecule has 0 heterocycles. The number of benzene rings is 1. The molecule has 0 fully saturated rings.